The first-order valence-electron chi connectivity index (χ1n) is 4.60. The van der Waals surface area contributed by atoms with Gasteiger partial charge in [-0.25, -0.2) is 0 Å². The van der Waals surface area contributed by atoms with E-state index in [0.29, 0.717) is 10.7 Å². The summed E-state index contributed by atoms with van der Waals surface area (Å²) < 4.78 is 0. The van der Waals surface area contributed by atoms with Gasteiger partial charge in [0.05, 0.1) is 0 Å². The molecule has 11 heavy (non-hydrogen) atoms. The Kier molecular flexibility index (Phi) is 2.21. The van der Waals surface area contributed by atoms with Crippen LogP contribution in [0.25, 0.3) is 0 Å². The van der Waals surface area contributed by atoms with Crippen LogP contribution in [0, 0.1) is 5.92 Å². The second-order valence-corrected chi connectivity index (χ2v) is 5.41. The van der Waals surface area contributed by atoms with Gasteiger partial charge in [-0.05, 0) is 29.4 Å². The van der Waals surface area contributed by atoms with Crippen molar-refractivity contribution in [2.45, 2.75) is 30.4 Å². The first-order valence-corrected chi connectivity index (χ1v) is 4.60. The van der Waals surface area contributed by atoms with Crippen molar-refractivity contribution in [1.82, 2.24) is 5.32 Å². The molecule has 1 heterocycles. The molecular formula is C6H17B4N. The fourth-order valence-electron chi connectivity index (χ4n) is 2.83. The smallest absolute Gasteiger partial charge is 0.116 e. The number of piperidine rings is 1. The normalized spacial score (nSPS) is 29.9. The summed E-state index contributed by atoms with van der Waals surface area (Å²) in [5.41, 5.74) is 0. The van der Waals surface area contributed by atoms with Crippen LogP contribution in [0.3, 0.4) is 0 Å². The Morgan fingerprint density at radius 2 is 1.45 bits per heavy atom. The third-order valence-electron chi connectivity index (χ3n) is 2.39. The largest absolute Gasteiger partial charge is 0.336 e. The Morgan fingerprint density at radius 1 is 1.09 bits per heavy atom. The van der Waals surface area contributed by atoms with Gasteiger partial charge in [-0.2, -0.15) is 0 Å². The molecule has 1 N–H and O–H groups in total. The van der Waals surface area contributed by atoms with Crippen molar-refractivity contribution in [3.63, 3.8) is 0 Å². The van der Waals surface area contributed by atoms with Crippen LogP contribution in [-0.2, 0) is 0 Å². The highest BCUT2D eigenvalue weighted by atomic mass is 15.0. The standard InChI is InChI=1S/C6H17B4N/c1-4-2-5(7,8)11-6(9,10)3-4/h4,11H,2-3,7-10H2,1H3. The third kappa shape index (κ3) is 2.62. The molecule has 0 spiro atoms. The second kappa shape index (κ2) is 2.62. The Bertz CT molecular complexity index is 141. The molecule has 0 aromatic rings. The van der Waals surface area contributed by atoms with Crippen molar-refractivity contribution in [3.05, 3.63) is 0 Å². The molecule has 1 rings (SSSR count). The van der Waals surface area contributed by atoms with Gasteiger partial charge in [0.2, 0.25) is 0 Å². The predicted octanol–water partition coefficient (Wildman–Crippen LogP) is -3.15. The van der Waals surface area contributed by atoms with E-state index in [2.05, 4.69) is 43.6 Å². The minimum absolute atomic E-state index is 0.334. The van der Waals surface area contributed by atoms with E-state index in [9.17, 15) is 0 Å². The first kappa shape index (κ1) is 9.31. The summed E-state index contributed by atoms with van der Waals surface area (Å²) in [6.07, 6.45) is 2.60. The minimum Gasteiger partial charge on any atom is -0.336 e. The second-order valence-electron chi connectivity index (χ2n) is 5.41. The van der Waals surface area contributed by atoms with E-state index in [1.54, 1.807) is 0 Å². The average molecular weight is 146 g/mol. The fraction of sp³-hybridized carbons (Fsp3) is 1.00. The van der Waals surface area contributed by atoms with Gasteiger partial charge in [-0.1, -0.05) is 6.92 Å². The molecule has 1 aliphatic heterocycles. The summed E-state index contributed by atoms with van der Waals surface area (Å²) in [7, 11) is 9.18. The van der Waals surface area contributed by atoms with Gasteiger partial charge in [-0.3, -0.25) is 0 Å². The molecule has 5 heteroatoms. The number of hydrogen-bond donors (Lipinski definition) is 1. The SMILES string of the molecule is BC1(B)CC(C)CC(B)(B)N1. The zero-order valence-corrected chi connectivity index (χ0v) is 8.49. The number of rotatable bonds is 0. The molecule has 0 aromatic carbocycles. The lowest BCUT2D eigenvalue weighted by Gasteiger charge is -2.46. The lowest BCUT2D eigenvalue weighted by Crippen LogP contribution is -2.64. The molecule has 0 aromatic heterocycles. The van der Waals surface area contributed by atoms with Crippen LogP contribution in [0.4, 0.5) is 0 Å². The monoisotopic (exact) mass is 147 g/mol. The molecule has 0 saturated carbocycles. The quantitative estimate of drug-likeness (QED) is 0.356. The summed E-state index contributed by atoms with van der Waals surface area (Å²) >= 11 is 0. The third-order valence-corrected chi connectivity index (χ3v) is 2.39. The van der Waals surface area contributed by atoms with Crippen LogP contribution in [0.1, 0.15) is 19.8 Å². The fourth-order valence-corrected chi connectivity index (χ4v) is 2.83. The Hall–Kier alpha value is 0.220. The maximum Gasteiger partial charge on any atom is 0.116 e. The van der Waals surface area contributed by atoms with Gasteiger partial charge in [0.15, 0.2) is 0 Å². The summed E-state index contributed by atoms with van der Waals surface area (Å²) in [6, 6.07) is 0. The van der Waals surface area contributed by atoms with E-state index in [-0.39, 0.29) is 0 Å². The molecule has 1 nitrogen and oxygen atoms in total. The molecule has 1 saturated heterocycles. The van der Waals surface area contributed by atoms with Gasteiger partial charge in [0, 0.05) is 0 Å². The summed E-state index contributed by atoms with van der Waals surface area (Å²) in [5, 5.41) is 4.33. The zero-order valence-electron chi connectivity index (χ0n) is 8.49. The van der Waals surface area contributed by atoms with Gasteiger partial charge < -0.3 is 5.32 Å². The van der Waals surface area contributed by atoms with Gasteiger partial charge >= 0.3 is 0 Å². The van der Waals surface area contributed by atoms with E-state index in [4.69, 9.17) is 0 Å². The average Bonchev–Trinajstić information content (AvgIpc) is 1.49. The highest BCUT2D eigenvalue weighted by Crippen LogP contribution is 2.26. The van der Waals surface area contributed by atoms with E-state index in [0.717, 1.165) is 5.92 Å². The van der Waals surface area contributed by atoms with Crippen molar-refractivity contribution >= 4 is 31.4 Å². The van der Waals surface area contributed by atoms with Crippen molar-refractivity contribution in [2.24, 2.45) is 5.92 Å². The van der Waals surface area contributed by atoms with E-state index in [1.807, 2.05) is 0 Å². The van der Waals surface area contributed by atoms with Crippen molar-refractivity contribution in [1.29, 1.82) is 0 Å². The van der Waals surface area contributed by atoms with E-state index >= 15 is 0 Å². The van der Waals surface area contributed by atoms with Crippen LogP contribution in [0.5, 0.6) is 0 Å². The van der Waals surface area contributed by atoms with Crippen LogP contribution >= 0.6 is 0 Å². The topological polar surface area (TPSA) is 12.0 Å². The summed E-state index contributed by atoms with van der Waals surface area (Å²) in [4.78, 5) is 0. The van der Waals surface area contributed by atoms with Crippen LogP contribution < -0.4 is 5.32 Å². The van der Waals surface area contributed by atoms with Crippen LogP contribution in [0.15, 0.2) is 0 Å². The molecule has 0 amide bonds. The summed E-state index contributed by atoms with van der Waals surface area (Å²) in [6.45, 7) is 2.35. The number of nitrogens with one attached hydrogen (secondary N) is 1. The molecule has 0 radical (unpaired) electrons. The van der Waals surface area contributed by atoms with Crippen molar-refractivity contribution in [3.8, 4) is 0 Å². The predicted molar refractivity (Wildman–Crippen MR) is 61.2 cm³/mol. The molecule has 0 unspecified atom stereocenters. The lowest BCUT2D eigenvalue weighted by atomic mass is 9.47. The molecule has 0 bridgehead atoms. The van der Waals surface area contributed by atoms with Gasteiger partial charge in [-0.15, -0.1) is 0 Å². The first-order chi connectivity index (χ1) is 4.81. The Morgan fingerprint density at radius 3 is 1.73 bits per heavy atom. The molecular weight excluding hydrogens is 129 g/mol. The minimum atomic E-state index is 0.334. The van der Waals surface area contributed by atoms with Gasteiger partial charge in [0.1, 0.15) is 31.4 Å². The van der Waals surface area contributed by atoms with E-state index in [1.165, 1.54) is 12.8 Å². The maximum atomic E-state index is 3.66. The highest BCUT2D eigenvalue weighted by molar-refractivity contribution is 6.44. The molecule has 1 fully saturated rings. The van der Waals surface area contributed by atoms with Gasteiger partial charge in [0.25, 0.3) is 0 Å². The zero-order chi connectivity index (χ0) is 8.70. The lowest BCUT2D eigenvalue weighted by molar-refractivity contribution is 0.304. The molecule has 0 aliphatic carbocycles. The van der Waals surface area contributed by atoms with Crippen LogP contribution in [-0.4, -0.2) is 42.1 Å². The Balaban J connectivity index is 2.66. The highest BCUT2D eigenvalue weighted by Gasteiger charge is 2.34. The maximum absolute atomic E-state index is 3.66. The van der Waals surface area contributed by atoms with Crippen molar-refractivity contribution in [2.75, 3.05) is 0 Å². The summed E-state index contributed by atoms with van der Waals surface area (Å²) in [5.74, 6) is 0.862. The molecule has 0 atom stereocenters. The number of hydrogen-bond acceptors (Lipinski definition) is 1. The van der Waals surface area contributed by atoms with Crippen LogP contribution in [0.2, 0.25) is 0 Å². The van der Waals surface area contributed by atoms with E-state index < -0.39 is 0 Å². The Labute approximate surface area is 73.7 Å². The molecule has 1 aliphatic rings. The van der Waals surface area contributed by atoms with Crippen molar-refractivity contribution < 1.29 is 0 Å². The molecule has 58 valence electrons.